The fraction of sp³-hybridized carbons (Fsp3) is 0.182. The second-order valence-corrected chi connectivity index (χ2v) is 7.93. The van der Waals surface area contributed by atoms with Gasteiger partial charge in [-0.25, -0.2) is 9.37 Å². The number of hydrogen-bond acceptors (Lipinski definition) is 5. The van der Waals surface area contributed by atoms with E-state index in [1.165, 1.54) is 40.5 Å². The lowest BCUT2D eigenvalue weighted by atomic mass is 10.1. The normalized spacial score (nSPS) is 12.9. The van der Waals surface area contributed by atoms with Crippen LogP contribution in [-0.2, 0) is 11.3 Å². The molecule has 4 rings (SSSR count). The van der Waals surface area contributed by atoms with Gasteiger partial charge < -0.3 is 4.90 Å². The molecule has 0 fully saturated rings. The second kappa shape index (κ2) is 8.16. The molecule has 3 amide bonds. The second-order valence-electron chi connectivity index (χ2n) is 6.87. The summed E-state index contributed by atoms with van der Waals surface area (Å²) in [4.78, 5) is 45.1. The molecule has 152 valence electrons. The Balaban J connectivity index is 1.51. The van der Waals surface area contributed by atoms with E-state index < -0.39 is 17.6 Å². The van der Waals surface area contributed by atoms with Gasteiger partial charge in [0.25, 0.3) is 11.8 Å². The molecule has 2 heterocycles. The molecule has 1 aromatic heterocycles. The van der Waals surface area contributed by atoms with E-state index in [1.807, 2.05) is 12.3 Å². The van der Waals surface area contributed by atoms with Gasteiger partial charge in [-0.15, -0.1) is 11.3 Å². The van der Waals surface area contributed by atoms with Crippen LogP contribution in [-0.4, -0.2) is 34.2 Å². The molecule has 0 radical (unpaired) electrons. The van der Waals surface area contributed by atoms with Crippen molar-refractivity contribution < 1.29 is 18.8 Å². The summed E-state index contributed by atoms with van der Waals surface area (Å²) in [7, 11) is 0. The number of benzene rings is 2. The first-order chi connectivity index (χ1) is 14.4. The summed E-state index contributed by atoms with van der Waals surface area (Å²) in [6.45, 7) is 2.07. The molecule has 0 saturated carbocycles. The Morgan fingerprint density at radius 1 is 1.07 bits per heavy atom. The Morgan fingerprint density at radius 3 is 2.27 bits per heavy atom. The minimum absolute atomic E-state index is 0.0288. The van der Waals surface area contributed by atoms with Crippen molar-refractivity contribution in [3.8, 4) is 0 Å². The zero-order chi connectivity index (χ0) is 21.3. The summed E-state index contributed by atoms with van der Waals surface area (Å²) >= 11 is 1.48. The standard InChI is InChI=1S/C22H18FN3O3S/c1-14-24-16(13-30-14)12-26(17-8-6-15(23)7-9-17)20(27)10-11-25-21(28)18-4-2-3-5-19(18)22(25)29/h2-9,13H,10-12H2,1H3. The first-order valence-corrected chi connectivity index (χ1v) is 10.2. The van der Waals surface area contributed by atoms with Crippen LogP contribution in [0.3, 0.4) is 0 Å². The molecular formula is C22H18FN3O3S. The molecular weight excluding hydrogens is 405 g/mol. The van der Waals surface area contributed by atoms with Crippen LogP contribution in [0, 0.1) is 12.7 Å². The van der Waals surface area contributed by atoms with E-state index in [0.29, 0.717) is 16.8 Å². The van der Waals surface area contributed by atoms with Gasteiger partial charge in [0, 0.05) is 24.0 Å². The SMILES string of the molecule is Cc1nc(CN(C(=O)CCN2C(=O)c3ccccc3C2=O)c2ccc(F)cc2)cs1. The van der Waals surface area contributed by atoms with Gasteiger partial charge in [0.05, 0.1) is 28.4 Å². The highest BCUT2D eigenvalue weighted by Gasteiger charge is 2.35. The van der Waals surface area contributed by atoms with Gasteiger partial charge in [-0.2, -0.15) is 0 Å². The largest absolute Gasteiger partial charge is 0.306 e. The zero-order valence-corrected chi connectivity index (χ0v) is 17.0. The zero-order valence-electron chi connectivity index (χ0n) is 16.2. The number of halogens is 1. The van der Waals surface area contributed by atoms with Crippen LogP contribution in [0.4, 0.5) is 10.1 Å². The third-order valence-electron chi connectivity index (χ3n) is 4.85. The molecule has 6 nitrogen and oxygen atoms in total. The fourth-order valence-corrected chi connectivity index (χ4v) is 3.98. The summed E-state index contributed by atoms with van der Waals surface area (Å²) in [6, 6.07) is 12.2. The Kier molecular flexibility index (Phi) is 5.41. The third kappa shape index (κ3) is 3.86. The van der Waals surface area contributed by atoms with Crippen LogP contribution in [0.25, 0.3) is 0 Å². The molecule has 8 heteroatoms. The van der Waals surface area contributed by atoms with Crippen molar-refractivity contribution in [1.29, 1.82) is 0 Å². The molecule has 0 bridgehead atoms. The molecule has 1 aliphatic heterocycles. The van der Waals surface area contributed by atoms with E-state index in [1.54, 1.807) is 24.3 Å². The summed E-state index contributed by atoms with van der Waals surface area (Å²) in [5.74, 6) is -1.48. The highest BCUT2D eigenvalue weighted by atomic mass is 32.1. The number of imide groups is 1. The topological polar surface area (TPSA) is 70.6 Å². The molecule has 0 N–H and O–H groups in total. The molecule has 2 aromatic carbocycles. The van der Waals surface area contributed by atoms with Gasteiger partial charge in [-0.05, 0) is 43.3 Å². The van der Waals surface area contributed by atoms with Crippen LogP contribution in [0.2, 0.25) is 0 Å². The first kappa shape index (κ1) is 19.9. The monoisotopic (exact) mass is 423 g/mol. The molecule has 30 heavy (non-hydrogen) atoms. The number of fused-ring (bicyclic) bond motifs is 1. The lowest BCUT2D eigenvalue weighted by molar-refractivity contribution is -0.118. The minimum atomic E-state index is -0.401. The number of nitrogens with zero attached hydrogens (tertiary/aromatic N) is 3. The number of carbonyl (C=O) groups is 3. The lowest BCUT2D eigenvalue weighted by Crippen LogP contribution is -2.36. The Labute approximate surface area is 176 Å². The molecule has 0 spiro atoms. The highest BCUT2D eigenvalue weighted by molar-refractivity contribution is 7.09. The molecule has 0 atom stereocenters. The van der Waals surface area contributed by atoms with Crippen molar-refractivity contribution >= 4 is 34.7 Å². The number of anilines is 1. The third-order valence-corrected chi connectivity index (χ3v) is 5.68. The molecule has 3 aromatic rings. The average Bonchev–Trinajstić information content (AvgIpc) is 3.26. The average molecular weight is 423 g/mol. The predicted molar refractivity (Wildman–Crippen MR) is 111 cm³/mol. The molecule has 0 unspecified atom stereocenters. The predicted octanol–water partition coefficient (Wildman–Crippen LogP) is 3.81. The van der Waals surface area contributed by atoms with Crippen molar-refractivity contribution in [1.82, 2.24) is 9.88 Å². The maximum atomic E-state index is 13.4. The van der Waals surface area contributed by atoms with Gasteiger partial charge in [-0.1, -0.05) is 12.1 Å². The summed E-state index contributed by atoms with van der Waals surface area (Å²) in [6.07, 6.45) is -0.0496. The summed E-state index contributed by atoms with van der Waals surface area (Å²) in [5.41, 5.74) is 1.94. The summed E-state index contributed by atoms with van der Waals surface area (Å²) < 4.78 is 13.4. The van der Waals surface area contributed by atoms with E-state index in [2.05, 4.69) is 4.98 Å². The van der Waals surface area contributed by atoms with Crippen molar-refractivity contribution in [2.24, 2.45) is 0 Å². The van der Waals surface area contributed by atoms with Crippen LogP contribution >= 0.6 is 11.3 Å². The van der Waals surface area contributed by atoms with Crippen molar-refractivity contribution in [2.75, 3.05) is 11.4 Å². The first-order valence-electron chi connectivity index (χ1n) is 9.36. The van der Waals surface area contributed by atoms with Crippen molar-refractivity contribution in [3.05, 3.63) is 81.6 Å². The van der Waals surface area contributed by atoms with Crippen LogP contribution < -0.4 is 4.90 Å². The van der Waals surface area contributed by atoms with E-state index in [0.717, 1.165) is 15.6 Å². The lowest BCUT2D eigenvalue weighted by Gasteiger charge is -2.23. The van der Waals surface area contributed by atoms with Gasteiger partial charge in [0.2, 0.25) is 5.91 Å². The van der Waals surface area contributed by atoms with E-state index in [9.17, 15) is 18.8 Å². The smallest absolute Gasteiger partial charge is 0.261 e. The van der Waals surface area contributed by atoms with Crippen LogP contribution in [0.5, 0.6) is 0 Å². The quantitative estimate of drug-likeness (QED) is 0.566. The van der Waals surface area contributed by atoms with Crippen LogP contribution in [0.15, 0.2) is 53.9 Å². The Morgan fingerprint density at radius 2 is 1.70 bits per heavy atom. The highest BCUT2D eigenvalue weighted by Crippen LogP contribution is 2.24. The minimum Gasteiger partial charge on any atom is -0.306 e. The number of carbonyl (C=O) groups excluding carboxylic acids is 3. The Bertz CT molecular complexity index is 1090. The fourth-order valence-electron chi connectivity index (χ4n) is 3.37. The van der Waals surface area contributed by atoms with E-state index >= 15 is 0 Å². The number of amides is 3. The number of aromatic nitrogens is 1. The molecule has 1 aliphatic rings. The molecule has 0 aliphatic carbocycles. The Hall–Kier alpha value is -3.39. The van der Waals surface area contributed by atoms with Gasteiger partial charge >= 0.3 is 0 Å². The van der Waals surface area contributed by atoms with E-state index in [-0.39, 0.29) is 25.4 Å². The van der Waals surface area contributed by atoms with Crippen LogP contribution in [0.1, 0.15) is 37.8 Å². The van der Waals surface area contributed by atoms with Gasteiger partial charge in [0.15, 0.2) is 0 Å². The van der Waals surface area contributed by atoms with Gasteiger partial charge in [0.1, 0.15) is 5.82 Å². The van der Waals surface area contributed by atoms with Crippen molar-refractivity contribution in [3.63, 3.8) is 0 Å². The van der Waals surface area contributed by atoms with E-state index in [4.69, 9.17) is 0 Å². The number of hydrogen-bond donors (Lipinski definition) is 0. The number of thiazole rings is 1. The number of aryl methyl sites for hydroxylation is 1. The molecule has 0 saturated heterocycles. The maximum Gasteiger partial charge on any atom is 0.261 e. The maximum absolute atomic E-state index is 13.4. The summed E-state index contributed by atoms with van der Waals surface area (Å²) in [5, 5.41) is 2.74. The van der Waals surface area contributed by atoms with Crippen molar-refractivity contribution in [2.45, 2.75) is 19.9 Å². The number of rotatable bonds is 6. The van der Waals surface area contributed by atoms with Gasteiger partial charge in [-0.3, -0.25) is 19.3 Å².